The number of hydrogen-bond donors (Lipinski definition) is 2. The van der Waals surface area contributed by atoms with Crippen molar-refractivity contribution in [3.8, 4) is 0 Å². The number of aryl methyl sites for hydroxylation is 1. The van der Waals surface area contributed by atoms with Crippen LogP contribution in [0.5, 0.6) is 0 Å². The number of amides is 1. The molecule has 0 aliphatic heterocycles. The number of thiocarbonyl (C=S) groups is 1. The molecule has 0 aliphatic rings. The van der Waals surface area contributed by atoms with Gasteiger partial charge in [-0.25, -0.2) is 8.42 Å². The summed E-state index contributed by atoms with van der Waals surface area (Å²) in [4.78, 5) is 12.4. The van der Waals surface area contributed by atoms with Crippen molar-refractivity contribution in [3.63, 3.8) is 0 Å². The van der Waals surface area contributed by atoms with Gasteiger partial charge in [-0.2, -0.15) is 0 Å². The second-order valence-electron chi connectivity index (χ2n) is 5.13. The molecule has 1 aromatic carbocycles. The van der Waals surface area contributed by atoms with E-state index in [1.807, 2.05) is 0 Å². The van der Waals surface area contributed by atoms with E-state index in [0.717, 1.165) is 11.8 Å². The third-order valence-corrected chi connectivity index (χ3v) is 5.52. The predicted octanol–water partition coefficient (Wildman–Crippen LogP) is 1.39. The molecule has 0 saturated carbocycles. The fourth-order valence-electron chi connectivity index (χ4n) is 1.35. The molecular weight excluding hydrogens is 296 g/mol. The van der Waals surface area contributed by atoms with Gasteiger partial charge >= 0.3 is 0 Å². The summed E-state index contributed by atoms with van der Waals surface area (Å²) in [6.07, 6.45) is 1.03. The van der Waals surface area contributed by atoms with Crippen molar-refractivity contribution in [2.75, 3.05) is 11.6 Å². The van der Waals surface area contributed by atoms with Crippen LogP contribution in [0.4, 0.5) is 5.69 Å². The van der Waals surface area contributed by atoms with E-state index in [1.165, 1.54) is 13.8 Å². The summed E-state index contributed by atoms with van der Waals surface area (Å²) in [5.41, 5.74) is 7.44. The molecule has 110 valence electrons. The molecule has 7 heteroatoms. The van der Waals surface area contributed by atoms with Gasteiger partial charge in [0, 0.05) is 17.5 Å². The minimum atomic E-state index is -3.52. The summed E-state index contributed by atoms with van der Waals surface area (Å²) in [5, 5.41) is 2.62. The lowest BCUT2D eigenvalue weighted by Gasteiger charge is -2.22. The van der Waals surface area contributed by atoms with E-state index in [9.17, 15) is 13.2 Å². The second-order valence-corrected chi connectivity index (χ2v) is 8.14. The third-order valence-electron chi connectivity index (χ3n) is 3.24. The number of carbonyl (C=O) groups is 1. The normalized spacial score (nSPS) is 12.0. The predicted molar refractivity (Wildman–Crippen MR) is 84.6 cm³/mol. The number of benzene rings is 1. The van der Waals surface area contributed by atoms with Crippen molar-refractivity contribution in [1.82, 2.24) is 0 Å². The highest BCUT2D eigenvalue weighted by atomic mass is 32.2. The summed E-state index contributed by atoms with van der Waals surface area (Å²) < 4.78 is 21.8. The fourth-order valence-corrected chi connectivity index (χ4v) is 1.87. The van der Waals surface area contributed by atoms with Crippen molar-refractivity contribution >= 4 is 38.6 Å². The van der Waals surface area contributed by atoms with Crippen LogP contribution in [0.25, 0.3) is 0 Å². The Morgan fingerprint density at radius 3 is 2.35 bits per heavy atom. The lowest BCUT2D eigenvalue weighted by atomic mass is 10.1. The third kappa shape index (κ3) is 3.34. The van der Waals surface area contributed by atoms with Crippen molar-refractivity contribution < 1.29 is 13.2 Å². The molecule has 0 aliphatic carbocycles. The molecule has 0 heterocycles. The molecule has 0 fully saturated rings. The number of sulfone groups is 1. The SMILES string of the molecule is Cc1ccc(C(N)=S)cc1NC(=O)C(C)(C)S(C)(=O)=O. The number of anilines is 1. The van der Waals surface area contributed by atoms with E-state index < -0.39 is 20.5 Å². The summed E-state index contributed by atoms with van der Waals surface area (Å²) in [6.45, 7) is 4.53. The monoisotopic (exact) mass is 314 g/mol. The van der Waals surface area contributed by atoms with Crippen LogP contribution in [0, 0.1) is 6.92 Å². The number of nitrogens with one attached hydrogen (secondary N) is 1. The summed E-state index contributed by atoms with van der Waals surface area (Å²) in [7, 11) is -3.52. The Kier molecular flexibility index (Phi) is 4.55. The average molecular weight is 314 g/mol. The van der Waals surface area contributed by atoms with Crippen LogP contribution in [0.1, 0.15) is 25.0 Å². The molecule has 0 radical (unpaired) electrons. The quantitative estimate of drug-likeness (QED) is 0.820. The smallest absolute Gasteiger partial charge is 0.245 e. The van der Waals surface area contributed by atoms with Gasteiger partial charge in [0.15, 0.2) is 9.84 Å². The first-order valence-electron chi connectivity index (χ1n) is 5.88. The maximum absolute atomic E-state index is 12.2. The van der Waals surface area contributed by atoms with E-state index in [1.54, 1.807) is 25.1 Å². The molecule has 5 nitrogen and oxygen atoms in total. The van der Waals surface area contributed by atoms with Crippen LogP contribution >= 0.6 is 12.2 Å². The number of hydrogen-bond acceptors (Lipinski definition) is 4. The van der Waals surface area contributed by atoms with Gasteiger partial charge in [-0.1, -0.05) is 24.4 Å². The molecule has 1 rings (SSSR count). The van der Waals surface area contributed by atoms with Crippen LogP contribution in [-0.4, -0.2) is 30.3 Å². The number of nitrogens with two attached hydrogens (primary N) is 1. The van der Waals surface area contributed by atoms with Crippen LogP contribution in [0.15, 0.2) is 18.2 Å². The first-order valence-corrected chi connectivity index (χ1v) is 8.18. The van der Waals surface area contributed by atoms with E-state index in [2.05, 4.69) is 5.32 Å². The first kappa shape index (κ1) is 16.6. The van der Waals surface area contributed by atoms with E-state index in [0.29, 0.717) is 11.3 Å². The highest BCUT2D eigenvalue weighted by Gasteiger charge is 2.38. The van der Waals surface area contributed by atoms with Gasteiger partial charge < -0.3 is 11.1 Å². The van der Waals surface area contributed by atoms with Gasteiger partial charge in [0.25, 0.3) is 0 Å². The maximum Gasteiger partial charge on any atom is 0.245 e. The molecule has 0 spiro atoms. The zero-order valence-electron chi connectivity index (χ0n) is 11.9. The van der Waals surface area contributed by atoms with E-state index in [4.69, 9.17) is 18.0 Å². The van der Waals surface area contributed by atoms with Crippen LogP contribution in [0.2, 0.25) is 0 Å². The van der Waals surface area contributed by atoms with Gasteiger partial charge in [-0.15, -0.1) is 0 Å². The topological polar surface area (TPSA) is 89.3 Å². The standard InChI is InChI=1S/C13H18N2O3S2/c1-8-5-6-9(11(14)19)7-10(8)15-12(16)13(2,3)20(4,17)18/h5-7H,1-4H3,(H2,14,19)(H,15,16). The molecule has 0 atom stereocenters. The number of carbonyl (C=O) groups excluding carboxylic acids is 1. The maximum atomic E-state index is 12.2. The van der Waals surface area contributed by atoms with Crippen molar-refractivity contribution in [1.29, 1.82) is 0 Å². The minimum absolute atomic E-state index is 0.211. The van der Waals surface area contributed by atoms with Gasteiger partial charge in [0.2, 0.25) is 5.91 Å². The molecule has 3 N–H and O–H groups in total. The Balaban J connectivity index is 3.14. The average Bonchev–Trinajstić information content (AvgIpc) is 2.29. The van der Waals surface area contributed by atoms with E-state index in [-0.39, 0.29) is 4.99 Å². The highest BCUT2D eigenvalue weighted by molar-refractivity contribution is 7.92. The largest absolute Gasteiger partial charge is 0.389 e. The van der Waals surface area contributed by atoms with Crippen molar-refractivity contribution in [2.45, 2.75) is 25.5 Å². The highest BCUT2D eigenvalue weighted by Crippen LogP contribution is 2.22. The zero-order valence-corrected chi connectivity index (χ0v) is 13.5. The Morgan fingerprint density at radius 1 is 1.35 bits per heavy atom. The molecular formula is C13H18N2O3S2. The Morgan fingerprint density at radius 2 is 1.90 bits per heavy atom. The minimum Gasteiger partial charge on any atom is -0.389 e. The van der Waals surface area contributed by atoms with E-state index >= 15 is 0 Å². The van der Waals surface area contributed by atoms with Gasteiger partial charge in [-0.05, 0) is 32.4 Å². The Hall–Kier alpha value is -1.47. The molecule has 0 unspecified atom stereocenters. The molecule has 1 amide bonds. The van der Waals surface area contributed by atoms with Crippen LogP contribution < -0.4 is 11.1 Å². The Bertz CT molecular complexity index is 664. The molecule has 0 saturated heterocycles. The van der Waals surface area contributed by atoms with Crippen LogP contribution in [-0.2, 0) is 14.6 Å². The van der Waals surface area contributed by atoms with Gasteiger partial charge in [0.1, 0.15) is 9.74 Å². The van der Waals surface area contributed by atoms with Gasteiger partial charge in [-0.3, -0.25) is 4.79 Å². The molecule has 1 aromatic rings. The second kappa shape index (κ2) is 5.49. The lowest BCUT2D eigenvalue weighted by molar-refractivity contribution is -0.117. The van der Waals surface area contributed by atoms with Crippen LogP contribution in [0.3, 0.4) is 0 Å². The summed E-state index contributed by atoms with van der Waals surface area (Å²) in [6, 6.07) is 5.14. The Labute approximate surface area is 124 Å². The van der Waals surface area contributed by atoms with Crippen molar-refractivity contribution in [3.05, 3.63) is 29.3 Å². The molecule has 0 aromatic heterocycles. The first-order chi connectivity index (χ1) is 8.96. The zero-order chi connectivity index (χ0) is 15.7. The molecule has 0 bridgehead atoms. The van der Waals surface area contributed by atoms with Gasteiger partial charge in [0.05, 0.1) is 0 Å². The number of rotatable bonds is 4. The summed E-state index contributed by atoms with van der Waals surface area (Å²) in [5.74, 6) is -0.594. The lowest BCUT2D eigenvalue weighted by Crippen LogP contribution is -2.44. The summed E-state index contributed by atoms with van der Waals surface area (Å²) >= 11 is 4.88. The molecule has 20 heavy (non-hydrogen) atoms. The van der Waals surface area contributed by atoms with Crippen molar-refractivity contribution in [2.24, 2.45) is 5.73 Å². The fraction of sp³-hybridized carbons (Fsp3) is 0.385.